The number of carbonyl (C=O) groups excluding carboxylic acids is 1. The van der Waals surface area contributed by atoms with Gasteiger partial charge in [0.25, 0.3) is 11.5 Å². The monoisotopic (exact) mass is 281 g/mol. The lowest BCUT2D eigenvalue weighted by atomic mass is 9.80. The van der Waals surface area contributed by atoms with Crippen molar-refractivity contribution in [2.45, 2.75) is 19.8 Å². The van der Waals surface area contributed by atoms with E-state index in [1.807, 2.05) is 4.98 Å². The van der Waals surface area contributed by atoms with Crippen LogP contribution in [0.25, 0.3) is 0 Å². The molecule has 2 rings (SSSR count). The molecule has 1 aliphatic rings. The highest BCUT2D eigenvalue weighted by molar-refractivity contribution is 5.93. The summed E-state index contributed by atoms with van der Waals surface area (Å²) in [6.45, 7) is 2.17. The summed E-state index contributed by atoms with van der Waals surface area (Å²) >= 11 is 0. The molecule has 8 nitrogen and oxygen atoms in total. The Balaban J connectivity index is 2.15. The fraction of sp³-hybridized carbons (Fsp3) is 0.500. The molecule has 1 aromatic heterocycles. The van der Waals surface area contributed by atoms with E-state index in [0.29, 0.717) is 12.8 Å². The van der Waals surface area contributed by atoms with E-state index in [1.165, 1.54) is 4.90 Å². The molecule has 1 aromatic rings. The van der Waals surface area contributed by atoms with Crippen molar-refractivity contribution in [3.05, 3.63) is 32.6 Å². The average Bonchev–Trinajstić information content (AvgIpc) is 2.38. The third-order valence-corrected chi connectivity index (χ3v) is 3.72. The molecule has 0 unspecified atom stereocenters. The minimum Gasteiger partial charge on any atom is -0.481 e. The summed E-state index contributed by atoms with van der Waals surface area (Å²) in [5.41, 5.74) is -2.41. The van der Waals surface area contributed by atoms with Crippen molar-refractivity contribution >= 4 is 11.9 Å². The van der Waals surface area contributed by atoms with Crippen LogP contribution in [0.3, 0.4) is 0 Å². The van der Waals surface area contributed by atoms with Crippen molar-refractivity contribution in [1.29, 1.82) is 0 Å². The summed E-state index contributed by atoms with van der Waals surface area (Å²) in [5.74, 6) is -1.39. The van der Waals surface area contributed by atoms with E-state index in [4.69, 9.17) is 5.11 Å². The second kappa shape index (κ2) is 4.95. The number of carboxylic acid groups (broad SMARTS) is 1. The number of amides is 1. The molecule has 1 amide bonds. The molecule has 1 saturated heterocycles. The summed E-state index contributed by atoms with van der Waals surface area (Å²) in [4.78, 5) is 51.4. The van der Waals surface area contributed by atoms with E-state index in [9.17, 15) is 19.2 Å². The maximum Gasteiger partial charge on any atom is 0.325 e. The van der Waals surface area contributed by atoms with Crippen molar-refractivity contribution in [2.75, 3.05) is 13.1 Å². The van der Waals surface area contributed by atoms with Gasteiger partial charge < -0.3 is 15.0 Å². The summed E-state index contributed by atoms with van der Waals surface area (Å²) in [5, 5.41) is 9.12. The van der Waals surface area contributed by atoms with Gasteiger partial charge in [-0.3, -0.25) is 19.4 Å². The molecule has 108 valence electrons. The summed E-state index contributed by atoms with van der Waals surface area (Å²) < 4.78 is 0. The summed E-state index contributed by atoms with van der Waals surface area (Å²) in [6.07, 6.45) is 1.74. The summed E-state index contributed by atoms with van der Waals surface area (Å²) in [7, 11) is 0. The minimum absolute atomic E-state index is 0.150. The molecule has 1 aliphatic heterocycles. The highest BCUT2D eigenvalue weighted by atomic mass is 16.4. The molecule has 1 fully saturated rings. The lowest BCUT2D eigenvalue weighted by molar-refractivity contribution is -0.150. The van der Waals surface area contributed by atoms with Crippen molar-refractivity contribution in [3.8, 4) is 0 Å². The molecule has 0 aromatic carbocycles. The first-order chi connectivity index (χ1) is 9.33. The quantitative estimate of drug-likeness (QED) is 0.667. The van der Waals surface area contributed by atoms with Gasteiger partial charge in [-0.2, -0.15) is 0 Å². The van der Waals surface area contributed by atoms with Crippen LogP contribution in [0.4, 0.5) is 0 Å². The molecule has 0 radical (unpaired) electrons. The number of nitrogens with one attached hydrogen (secondary N) is 2. The Bertz CT molecular complexity index is 652. The number of nitrogens with zero attached hydrogens (tertiary/aromatic N) is 1. The molecule has 0 atom stereocenters. The Labute approximate surface area is 113 Å². The first-order valence-electron chi connectivity index (χ1n) is 6.18. The van der Waals surface area contributed by atoms with E-state index >= 15 is 0 Å². The number of piperidine rings is 1. The van der Waals surface area contributed by atoms with Crippen LogP contribution in [-0.2, 0) is 4.79 Å². The van der Waals surface area contributed by atoms with Crippen molar-refractivity contribution in [3.63, 3.8) is 0 Å². The van der Waals surface area contributed by atoms with Crippen LogP contribution >= 0.6 is 0 Å². The number of aromatic nitrogens is 2. The van der Waals surface area contributed by atoms with Gasteiger partial charge in [-0.05, 0) is 19.8 Å². The van der Waals surface area contributed by atoms with Crippen molar-refractivity contribution < 1.29 is 14.7 Å². The Hall–Kier alpha value is -2.38. The molecule has 20 heavy (non-hydrogen) atoms. The SMILES string of the molecule is CC1(C(=O)O)CCN(C(=O)c2c[nH]c(=O)[nH]c2=O)CC1. The number of H-pyrrole nitrogens is 2. The first-order valence-corrected chi connectivity index (χ1v) is 6.18. The van der Waals surface area contributed by atoms with Crippen LogP contribution in [-0.4, -0.2) is 44.9 Å². The second-order valence-electron chi connectivity index (χ2n) is 5.14. The van der Waals surface area contributed by atoms with E-state index in [1.54, 1.807) is 6.92 Å². The minimum atomic E-state index is -0.883. The fourth-order valence-electron chi connectivity index (χ4n) is 2.16. The van der Waals surface area contributed by atoms with Gasteiger partial charge >= 0.3 is 11.7 Å². The van der Waals surface area contributed by atoms with Crippen molar-refractivity contribution in [2.24, 2.45) is 5.41 Å². The standard InChI is InChI=1S/C12H15N3O5/c1-12(10(18)19)2-4-15(5-3-12)9(17)7-6-13-11(20)14-8(7)16/h6H,2-5H2,1H3,(H,18,19)(H2,13,14,16,20). The van der Waals surface area contributed by atoms with Gasteiger partial charge in [-0.25, -0.2) is 4.79 Å². The third-order valence-electron chi connectivity index (χ3n) is 3.72. The molecule has 8 heteroatoms. The normalized spacial score (nSPS) is 17.8. The first kappa shape index (κ1) is 14.0. The van der Waals surface area contributed by atoms with Crippen LogP contribution in [0.2, 0.25) is 0 Å². The number of aliphatic carboxylic acids is 1. The van der Waals surface area contributed by atoms with Crippen molar-refractivity contribution in [1.82, 2.24) is 14.9 Å². The lowest BCUT2D eigenvalue weighted by Crippen LogP contribution is -2.46. The van der Waals surface area contributed by atoms with Crippen LogP contribution in [0.1, 0.15) is 30.1 Å². The molecule has 0 spiro atoms. The Morgan fingerprint density at radius 1 is 1.30 bits per heavy atom. The number of likely N-dealkylation sites (tertiary alicyclic amines) is 1. The topological polar surface area (TPSA) is 123 Å². The molecular weight excluding hydrogens is 266 g/mol. The van der Waals surface area contributed by atoms with E-state index < -0.39 is 28.5 Å². The number of rotatable bonds is 2. The van der Waals surface area contributed by atoms with Gasteiger partial charge in [0.1, 0.15) is 5.56 Å². The Morgan fingerprint density at radius 3 is 2.40 bits per heavy atom. The third kappa shape index (κ3) is 2.49. The molecule has 0 saturated carbocycles. The predicted octanol–water partition coefficient (Wildman–Crippen LogP) is -0.610. The van der Waals surface area contributed by atoms with Gasteiger partial charge in [0, 0.05) is 19.3 Å². The second-order valence-corrected chi connectivity index (χ2v) is 5.14. The number of carbonyl (C=O) groups is 2. The molecular formula is C12H15N3O5. The maximum absolute atomic E-state index is 12.1. The number of hydrogen-bond acceptors (Lipinski definition) is 4. The Kier molecular flexibility index (Phi) is 3.47. The highest BCUT2D eigenvalue weighted by Gasteiger charge is 2.38. The van der Waals surface area contributed by atoms with Gasteiger partial charge in [-0.15, -0.1) is 0 Å². The van der Waals surface area contributed by atoms with Crippen LogP contribution in [0.15, 0.2) is 15.8 Å². The zero-order chi connectivity index (χ0) is 14.9. The zero-order valence-corrected chi connectivity index (χ0v) is 10.9. The number of carboxylic acids is 1. The largest absolute Gasteiger partial charge is 0.481 e. The smallest absolute Gasteiger partial charge is 0.325 e. The maximum atomic E-state index is 12.1. The van der Waals surface area contributed by atoms with E-state index in [0.717, 1.165) is 6.20 Å². The van der Waals surface area contributed by atoms with Gasteiger partial charge in [0.2, 0.25) is 0 Å². The summed E-state index contributed by atoms with van der Waals surface area (Å²) in [6, 6.07) is 0. The predicted molar refractivity (Wildman–Crippen MR) is 68.6 cm³/mol. The zero-order valence-electron chi connectivity index (χ0n) is 10.9. The molecule has 2 heterocycles. The van der Waals surface area contributed by atoms with E-state index in [2.05, 4.69) is 4.98 Å². The number of aromatic amines is 2. The van der Waals surface area contributed by atoms with E-state index in [-0.39, 0.29) is 18.7 Å². The lowest BCUT2D eigenvalue weighted by Gasteiger charge is -2.36. The molecule has 0 aliphatic carbocycles. The van der Waals surface area contributed by atoms with Crippen LogP contribution in [0.5, 0.6) is 0 Å². The van der Waals surface area contributed by atoms with Gasteiger partial charge in [0.05, 0.1) is 5.41 Å². The highest BCUT2D eigenvalue weighted by Crippen LogP contribution is 2.31. The average molecular weight is 281 g/mol. The molecule has 3 N–H and O–H groups in total. The fourth-order valence-corrected chi connectivity index (χ4v) is 2.16. The number of hydrogen-bond donors (Lipinski definition) is 3. The van der Waals surface area contributed by atoms with Crippen LogP contribution in [0, 0.1) is 5.41 Å². The molecule has 0 bridgehead atoms. The van der Waals surface area contributed by atoms with Gasteiger partial charge in [0.15, 0.2) is 0 Å². The van der Waals surface area contributed by atoms with Gasteiger partial charge in [-0.1, -0.05) is 0 Å². The Morgan fingerprint density at radius 2 is 1.90 bits per heavy atom. The van der Waals surface area contributed by atoms with Crippen LogP contribution < -0.4 is 11.2 Å².